The van der Waals surface area contributed by atoms with Crippen LogP contribution in [0, 0.1) is 13.8 Å². The molecular formula is C24H28N4O3S. The molecule has 0 amide bonds. The van der Waals surface area contributed by atoms with Gasteiger partial charge in [-0.25, -0.2) is 8.42 Å². The van der Waals surface area contributed by atoms with Gasteiger partial charge in [-0.3, -0.25) is 0 Å². The first kappa shape index (κ1) is 22.2. The summed E-state index contributed by atoms with van der Waals surface area (Å²) >= 11 is 0. The zero-order valence-electron chi connectivity index (χ0n) is 18.7. The maximum absolute atomic E-state index is 13.1. The van der Waals surface area contributed by atoms with Crippen molar-refractivity contribution >= 4 is 15.8 Å². The molecule has 2 aromatic carbocycles. The maximum Gasteiger partial charge on any atom is 0.243 e. The van der Waals surface area contributed by atoms with Gasteiger partial charge in [0.1, 0.15) is 5.75 Å². The second-order valence-corrected chi connectivity index (χ2v) is 9.80. The molecule has 0 spiro atoms. The van der Waals surface area contributed by atoms with E-state index in [-0.39, 0.29) is 0 Å². The molecular weight excluding hydrogens is 424 g/mol. The van der Waals surface area contributed by atoms with E-state index in [9.17, 15) is 8.42 Å². The van der Waals surface area contributed by atoms with Crippen molar-refractivity contribution in [2.45, 2.75) is 25.7 Å². The molecule has 3 aromatic rings. The summed E-state index contributed by atoms with van der Waals surface area (Å²) in [6, 6.07) is 17.1. The number of hydrogen-bond acceptors (Lipinski definition) is 6. The summed E-state index contributed by atoms with van der Waals surface area (Å²) in [5.74, 6) is 1.58. The Balaban J connectivity index is 1.42. The van der Waals surface area contributed by atoms with E-state index in [1.54, 1.807) is 10.4 Å². The minimum atomic E-state index is -3.51. The Morgan fingerprint density at radius 2 is 1.62 bits per heavy atom. The fourth-order valence-electron chi connectivity index (χ4n) is 3.92. The SMILES string of the molecule is CCOc1ccc(-c2ccc(N3CCN(S(=O)(=O)c4ccc(C)cc4C)CC3)nn2)cc1. The van der Waals surface area contributed by atoms with Crippen molar-refractivity contribution in [2.75, 3.05) is 37.7 Å². The van der Waals surface area contributed by atoms with Gasteiger partial charge in [0, 0.05) is 31.7 Å². The molecule has 8 heteroatoms. The molecule has 1 saturated heterocycles. The summed E-state index contributed by atoms with van der Waals surface area (Å²) in [6.45, 7) is 8.37. The van der Waals surface area contributed by atoms with Gasteiger partial charge in [-0.1, -0.05) is 17.7 Å². The molecule has 168 valence electrons. The van der Waals surface area contributed by atoms with Gasteiger partial charge in [-0.05, 0) is 68.8 Å². The first-order chi connectivity index (χ1) is 15.4. The van der Waals surface area contributed by atoms with E-state index in [1.165, 1.54) is 0 Å². The van der Waals surface area contributed by atoms with E-state index in [2.05, 4.69) is 15.1 Å². The summed E-state index contributed by atoms with van der Waals surface area (Å²) in [5, 5.41) is 8.75. The number of piperazine rings is 1. The Morgan fingerprint density at radius 3 is 2.22 bits per heavy atom. The van der Waals surface area contributed by atoms with E-state index >= 15 is 0 Å². The second kappa shape index (κ2) is 9.26. The number of nitrogens with zero attached hydrogens (tertiary/aromatic N) is 4. The van der Waals surface area contributed by atoms with Crippen molar-refractivity contribution in [2.24, 2.45) is 0 Å². The molecule has 1 aliphatic rings. The Kier molecular flexibility index (Phi) is 6.43. The van der Waals surface area contributed by atoms with Crippen LogP contribution < -0.4 is 9.64 Å². The molecule has 32 heavy (non-hydrogen) atoms. The number of rotatable bonds is 6. The van der Waals surface area contributed by atoms with Gasteiger partial charge < -0.3 is 9.64 Å². The standard InChI is InChI=1S/C24H28N4O3S/c1-4-31-21-8-6-20(7-9-21)22-10-12-24(26-25-22)27-13-15-28(16-14-27)32(29,30)23-11-5-18(2)17-19(23)3/h5-12,17H,4,13-16H2,1-3H3. The lowest BCUT2D eigenvalue weighted by molar-refractivity contribution is 0.340. The van der Waals surface area contributed by atoms with Gasteiger partial charge in [0.05, 0.1) is 17.2 Å². The van der Waals surface area contributed by atoms with Crippen LogP contribution in [0.5, 0.6) is 5.75 Å². The van der Waals surface area contributed by atoms with Gasteiger partial charge in [0.2, 0.25) is 10.0 Å². The largest absolute Gasteiger partial charge is 0.494 e. The molecule has 1 aromatic heterocycles. The van der Waals surface area contributed by atoms with Crippen molar-refractivity contribution in [3.05, 3.63) is 65.7 Å². The average molecular weight is 453 g/mol. The zero-order chi connectivity index (χ0) is 22.7. The lowest BCUT2D eigenvalue weighted by atomic mass is 10.1. The predicted molar refractivity (Wildman–Crippen MR) is 126 cm³/mol. The Labute approximate surface area is 189 Å². The molecule has 0 saturated carbocycles. The first-order valence-electron chi connectivity index (χ1n) is 10.8. The average Bonchev–Trinajstić information content (AvgIpc) is 2.80. The predicted octanol–water partition coefficient (Wildman–Crippen LogP) is 3.67. The number of hydrogen-bond donors (Lipinski definition) is 0. The smallest absolute Gasteiger partial charge is 0.243 e. The molecule has 1 aliphatic heterocycles. The van der Waals surface area contributed by atoms with Crippen LogP contribution in [0.4, 0.5) is 5.82 Å². The highest BCUT2D eigenvalue weighted by molar-refractivity contribution is 7.89. The summed E-state index contributed by atoms with van der Waals surface area (Å²) in [7, 11) is -3.51. The van der Waals surface area contributed by atoms with Crippen LogP contribution >= 0.6 is 0 Å². The van der Waals surface area contributed by atoms with Gasteiger partial charge in [-0.15, -0.1) is 10.2 Å². The molecule has 2 heterocycles. The van der Waals surface area contributed by atoms with Gasteiger partial charge in [0.25, 0.3) is 0 Å². The fraction of sp³-hybridized carbons (Fsp3) is 0.333. The number of benzene rings is 2. The number of aryl methyl sites for hydroxylation is 2. The molecule has 0 atom stereocenters. The number of ether oxygens (including phenoxy) is 1. The quantitative estimate of drug-likeness (QED) is 0.568. The van der Waals surface area contributed by atoms with Crippen LogP contribution in [0.1, 0.15) is 18.1 Å². The van der Waals surface area contributed by atoms with E-state index < -0.39 is 10.0 Å². The van der Waals surface area contributed by atoms with Gasteiger partial charge >= 0.3 is 0 Å². The normalized spacial score (nSPS) is 15.0. The van der Waals surface area contributed by atoms with Crippen molar-refractivity contribution in [3.63, 3.8) is 0 Å². The first-order valence-corrected chi connectivity index (χ1v) is 12.2. The van der Waals surface area contributed by atoms with E-state index in [1.807, 2.05) is 69.3 Å². The third kappa shape index (κ3) is 4.61. The highest BCUT2D eigenvalue weighted by Gasteiger charge is 2.30. The van der Waals surface area contributed by atoms with Crippen molar-refractivity contribution < 1.29 is 13.2 Å². The third-order valence-electron chi connectivity index (χ3n) is 5.62. The second-order valence-electron chi connectivity index (χ2n) is 7.89. The van der Waals surface area contributed by atoms with Crippen LogP contribution in [0.15, 0.2) is 59.5 Å². The molecule has 0 bridgehead atoms. The lowest BCUT2D eigenvalue weighted by Gasteiger charge is -2.34. The molecule has 4 rings (SSSR count). The fourth-order valence-corrected chi connectivity index (χ4v) is 5.55. The molecule has 0 N–H and O–H groups in total. The Hall–Kier alpha value is -2.97. The molecule has 7 nitrogen and oxygen atoms in total. The third-order valence-corrected chi connectivity index (χ3v) is 7.68. The van der Waals surface area contributed by atoms with E-state index in [4.69, 9.17) is 4.74 Å². The van der Waals surface area contributed by atoms with E-state index in [0.717, 1.165) is 34.0 Å². The van der Waals surface area contributed by atoms with Crippen LogP contribution in [-0.2, 0) is 10.0 Å². The summed E-state index contributed by atoms with van der Waals surface area (Å²) in [4.78, 5) is 2.46. The highest BCUT2D eigenvalue weighted by Crippen LogP contribution is 2.25. The molecule has 0 aliphatic carbocycles. The highest BCUT2D eigenvalue weighted by atomic mass is 32.2. The topological polar surface area (TPSA) is 75.6 Å². The van der Waals surface area contributed by atoms with Crippen molar-refractivity contribution in [1.82, 2.24) is 14.5 Å². The lowest BCUT2D eigenvalue weighted by Crippen LogP contribution is -2.49. The number of anilines is 1. The van der Waals surface area contributed by atoms with Crippen molar-refractivity contribution in [3.8, 4) is 17.0 Å². The minimum Gasteiger partial charge on any atom is -0.494 e. The van der Waals surface area contributed by atoms with Crippen LogP contribution in [-0.4, -0.2) is 55.7 Å². The molecule has 0 radical (unpaired) electrons. The number of sulfonamides is 1. The summed E-state index contributed by atoms with van der Waals surface area (Å²) < 4.78 is 33.2. The number of aromatic nitrogens is 2. The Bertz CT molecular complexity index is 1170. The maximum atomic E-state index is 13.1. The minimum absolute atomic E-state index is 0.385. The van der Waals surface area contributed by atoms with Crippen molar-refractivity contribution in [1.29, 1.82) is 0 Å². The molecule has 0 unspecified atom stereocenters. The zero-order valence-corrected chi connectivity index (χ0v) is 19.5. The van der Waals surface area contributed by atoms with Crippen LogP contribution in [0.2, 0.25) is 0 Å². The van der Waals surface area contributed by atoms with Crippen LogP contribution in [0.3, 0.4) is 0 Å². The monoisotopic (exact) mass is 452 g/mol. The van der Waals surface area contributed by atoms with E-state index in [0.29, 0.717) is 37.7 Å². The van der Waals surface area contributed by atoms with Gasteiger partial charge in [-0.2, -0.15) is 4.31 Å². The molecule has 1 fully saturated rings. The summed E-state index contributed by atoms with van der Waals surface area (Å²) in [6.07, 6.45) is 0. The van der Waals surface area contributed by atoms with Gasteiger partial charge in [0.15, 0.2) is 5.82 Å². The van der Waals surface area contributed by atoms with Crippen LogP contribution in [0.25, 0.3) is 11.3 Å². The summed E-state index contributed by atoms with van der Waals surface area (Å²) in [5.41, 5.74) is 3.59. The Morgan fingerprint density at radius 1 is 0.906 bits per heavy atom.